The first-order valence-corrected chi connectivity index (χ1v) is 8.60. The molecule has 2 amide bonds. The van der Waals surface area contributed by atoms with Gasteiger partial charge >= 0.3 is 0 Å². The van der Waals surface area contributed by atoms with Crippen LogP contribution >= 0.6 is 0 Å². The Bertz CT molecular complexity index is 750. The lowest BCUT2D eigenvalue weighted by molar-refractivity contribution is -0.140. The Labute approximate surface area is 142 Å². The molecule has 1 unspecified atom stereocenters. The molecule has 1 aliphatic heterocycles. The third-order valence-corrected chi connectivity index (χ3v) is 4.60. The van der Waals surface area contributed by atoms with Gasteiger partial charge in [-0.15, -0.1) is 0 Å². The lowest BCUT2D eigenvalue weighted by Gasteiger charge is -2.35. The highest BCUT2D eigenvalue weighted by Crippen LogP contribution is 2.17. The number of likely N-dealkylation sites (tertiary alicyclic amines) is 1. The molecule has 24 heavy (non-hydrogen) atoms. The zero-order chi connectivity index (χ0) is 17.1. The second-order valence-electron chi connectivity index (χ2n) is 6.83. The van der Waals surface area contributed by atoms with E-state index in [0.717, 1.165) is 35.8 Å². The molecule has 1 heterocycles. The van der Waals surface area contributed by atoms with E-state index in [-0.39, 0.29) is 17.7 Å². The van der Waals surface area contributed by atoms with Gasteiger partial charge in [0, 0.05) is 13.1 Å². The normalized spacial score (nSPS) is 15.2. The average Bonchev–Trinajstić information content (AvgIpc) is 2.50. The van der Waals surface area contributed by atoms with E-state index >= 15 is 0 Å². The van der Waals surface area contributed by atoms with Crippen molar-refractivity contribution in [2.45, 2.75) is 32.7 Å². The van der Waals surface area contributed by atoms with E-state index in [1.54, 1.807) is 0 Å². The molecule has 0 saturated carbocycles. The third-order valence-electron chi connectivity index (χ3n) is 4.60. The summed E-state index contributed by atoms with van der Waals surface area (Å²) < 4.78 is 0. The summed E-state index contributed by atoms with van der Waals surface area (Å²) in [7, 11) is 0. The number of carbonyl (C=O) groups excluding carboxylic acids is 2. The van der Waals surface area contributed by atoms with Crippen LogP contribution < -0.4 is 5.32 Å². The topological polar surface area (TPSA) is 49.4 Å². The second-order valence-corrected chi connectivity index (χ2v) is 6.83. The number of hydrogen-bond acceptors (Lipinski definition) is 2. The van der Waals surface area contributed by atoms with Gasteiger partial charge in [-0.2, -0.15) is 0 Å². The van der Waals surface area contributed by atoms with Crippen molar-refractivity contribution in [1.82, 2.24) is 10.2 Å². The van der Waals surface area contributed by atoms with Gasteiger partial charge in [-0.05, 0) is 28.7 Å². The zero-order valence-corrected chi connectivity index (χ0v) is 14.3. The number of nitrogens with zero attached hydrogens (tertiary/aromatic N) is 1. The van der Waals surface area contributed by atoms with Crippen molar-refractivity contribution in [2.75, 3.05) is 13.1 Å². The number of amides is 2. The Hall–Kier alpha value is -2.36. The molecular weight excluding hydrogens is 300 g/mol. The van der Waals surface area contributed by atoms with Gasteiger partial charge in [0.25, 0.3) is 0 Å². The van der Waals surface area contributed by atoms with E-state index in [9.17, 15) is 9.59 Å². The Morgan fingerprint density at radius 1 is 1.08 bits per heavy atom. The minimum Gasteiger partial charge on any atom is -0.344 e. The summed E-state index contributed by atoms with van der Waals surface area (Å²) in [6.45, 7) is 5.56. The molecule has 0 spiro atoms. The van der Waals surface area contributed by atoms with Crippen LogP contribution in [0.2, 0.25) is 0 Å². The Morgan fingerprint density at radius 2 is 1.79 bits per heavy atom. The quantitative estimate of drug-likeness (QED) is 0.919. The fraction of sp³-hybridized carbons (Fsp3) is 0.400. The van der Waals surface area contributed by atoms with E-state index in [1.165, 1.54) is 0 Å². The van der Waals surface area contributed by atoms with E-state index in [2.05, 4.69) is 11.4 Å². The summed E-state index contributed by atoms with van der Waals surface area (Å²) in [4.78, 5) is 26.7. The molecule has 1 atom stereocenters. The van der Waals surface area contributed by atoms with Crippen molar-refractivity contribution in [3.8, 4) is 0 Å². The van der Waals surface area contributed by atoms with Crippen molar-refractivity contribution in [3.05, 3.63) is 48.0 Å². The molecule has 1 saturated heterocycles. The predicted molar refractivity (Wildman–Crippen MR) is 95.6 cm³/mol. The Balaban J connectivity index is 1.67. The standard InChI is InChI=1S/C20H24N2O2/c1-14(2)19(20(24)22-10-5-11-22)21-18(23)13-15-8-9-16-6-3-4-7-17(16)12-15/h3-4,6-9,12,14,19H,5,10-11,13H2,1-2H3,(H,21,23). The van der Waals surface area contributed by atoms with Crippen molar-refractivity contribution in [2.24, 2.45) is 5.92 Å². The molecule has 126 valence electrons. The highest BCUT2D eigenvalue weighted by Gasteiger charge is 2.31. The number of carbonyl (C=O) groups is 2. The van der Waals surface area contributed by atoms with Crippen LogP contribution in [0, 0.1) is 5.92 Å². The van der Waals surface area contributed by atoms with Gasteiger partial charge in [0.1, 0.15) is 6.04 Å². The summed E-state index contributed by atoms with van der Waals surface area (Å²) in [6, 6.07) is 13.7. The monoisotopic (exact) mass is 324 g/mol. The molecule has 1 fully saturated rings. The van der Waals surface area contributed by atoms with Crippen LogP contribution in [-0.2, 0) is 16.0 Å². The molecule has 4 heteroatoms. The highest BCUT2D eigenvalue weighted by molar-refractivity contribution is 5.90. The van der Waals surface area contributed by atoms with Crippen LogP contribution in [-0.4, -0.2) is 35.8 Å². The largest absolute Gasteiger partial charge is 0.344 e. The number of fused-ring (bicyclic) bond motifs is 1. The molecular formula is C20H24N2O2. The smallest absolute Gasteiger partial charge is 0.245 e. The highest BCUT2D eigenvalue weighted by atomic mass is 16.2. The van der Waals surface area contributed by atoms with Crippen LogP contribution in [0.1, 0.15) is 25.8 Å². The number of rotatable bonds is 5. The second kappa shape index (κ2) is 7.04. The first-order valence-electron chi connectivity index (χ1n) is 8.60. The van der Waals surface area contributed by atoms with Gasteiger partial charge in [-0.3, -0.25) is 9.59 Å². The zero-order valence-electron chi connectivity index (χ0n) is 14.3. The maximum absolute atomic E-state index is 12.4. The van der Waals surface area contributed by atoms with Gasteiger partial charge in [0.15, 0.2) is 0 Å². The van der Waals surface area contributed by atoms with Gasteiger partial charge < -0.3 is 10.2 Å². The summed E-state index contributed by atoms with van der Waals surface area (Å²) in [6.07, 6.45) is 1.35. The number of nitrogens with one attached hydrogen (secondary N) is 1. The summed E-state index contributed by atoms with van der Waals surface area (Å²) in [5.41, 5.74) is 0.963. The number of benzene rings is 2. The third kappa shape index (κ3) is 3.58. The first-order chi connectivity index (χ1) is 11.5. The van der Waals surface area contributed by atoms with Gasteiger partial charge in [0.05, 0.1) is 6.42 Å². The number of hydrogen-bond donors (Lipinski definition) is 1. The molecule has 3 rings (SSSR count). The predicted octanol–water partition coefficient (Wildman–Crippen LogP) is 2.76. The maximum atomic E-state index is 12.4. The lowest BCUT2D eigenvalue weighted by Crippen LogP contribution is -2.55. The lowest BCUT2D eigenvalue weighted by atomic mass is 10.00. The Kier molecular flexibility index (Phi) is 4.84. The molecule has 1 aliphatic rings. The van der Waals surface area contributed by atoms with Gasteiger partial charge in [-0.25, -0.2) is 0 Å². The van der Waals surface area contributed by atoms with E-state index in [0.29, 0.717) is 6.42 Å². The van der Waals surface area contributed by atoms with Crippen molar-refractivity contribution in [1.29, 1.82) is 0 Å². The molecule has 2 aromatic carbocycles. The molecule has 2 aromatic rings. The fourth-order valence-corrected chi connectivity index (χ4v) is 3.01. The SMILES string of the molecule is CC(C)C(NC(=O)Cc1ccc2ccccc2c1)C(=O)N1CCC1. The van der Waals surface area contributed by atoms with Gasteiger partial charge in [0.2, 0.25) is 11.8 Å². The summed E-state index contributed by atoms with van der Waals surface area (Å²) >= 11 is 0. The molecule has 4 nitrogen and oxygen atoms in total. The minimum atomic E-state index is -0.432. The van der Waals surface area contributed by atoms with Crippen LogP contribution in [0.5, 0.6) is 0 Å². The summed E-state index contributed by atoms with van der Waals surface area (Å²) in [5.74, 6) is 0.0274. The maximum Gasteiger partial charge on any atom is 0.245 e. The van der Waals surface area contributed by atoms with Crippen LogP contribution in [0.4, 0.5) is 0 Å². The van der Waals surface area contributed by atoms with E-state index in [4.69, 9.17) is 0 Å². The van der Waals surface area contributed by atoms with Crippen LogP contribution in [0.15, 0.2) is 42.5 Å². The van der Waals surface area contributed by atoms with Crippen LogP contribution in [0.3, 0.4) is 0 Å². The average molecular weight is 324 g/mol. The Morgan fingerprint density at radius 3 is 2.42 bits per heavy atom. The van der Waals surface area contributed by atoms with E-state index < -0.39 is 6.04 Å². The van der Waals surface area contributed by atoms with Crippen molar-refractivity contribution in [3.63, 3.8) is 0 Å². The molecule has 0 bridgehead atoms. The summed E-state index contributed by atoms with van der Waals surface area (Å²) in [5, 5.41) is 5.22. The van der Waals surface area contributed by atoms with Gasteiger partial charge in [-0.1, -0.05) is 56.3 Å². The first kappa shape index (κ1) is 16.5. The molecule has 0 aliphatic carbocycles. The molecule has 0 aromatic heterocycles. The van der Waals surface area contributed by atoms with Crippen molar-refractivity contribution < 1.29 is 9.59 Å². The van der Waals surface area contributed by atoms with Crippen LogP contribution in [0.25, 0.3) is 10.8 Å². The van der Waals surface area contributed by atoms with Crippen molar-refractivity contribution >= 4 is 22.6 Å². The molecule has 0 radical (unpaired) electrons. The fourth-order valence-electron chi connectivity index (χ4n) is 3.01. The van der Waals surface area contributed by atoms with E-state index in [1.807, 2.05) is 55.1 Å². The molecule has 1 N–H and O–H groups in total. The minimum absolute atomic E-state index is 0.0445.